The van der Waals surface area contributed by atoms with Crippen LogP contribution < -0.4 is 4.90 Å². The Balaban J connectivity index is 2.76. The number of methoxy groups -OCH3 is 2. The van der Waals surface area contributed by atoms with Crippen LogP contribution in [0.4, 0.5) is 18.3 Å². The average Bonchev–Trinajstić information content (AvgIpc) is 2.88. The van der Waals surface area contributed by atoms with Gasteiger partial charge in [-0.25, -0.2) is 0 Å². The molecule has 0 atom stereocenters. The van der Waals surface area contributed by atoms with Crippen molar-refractivity contribution in [2.75, 3.05) is 38.8 Å². The number of aromatic nitrogens is 2. The zero-order valence-electron chi connectivity index (χ0n) is 10.9. The van der Waals surface area contributed by atoms with Crippen molar-refractivity contribution in [2.45, 2.75) is 12.6 Å². The number of nitrogens with zero attached hydrogens (tertiary/aromatic N) is 3. The highest BCUT2D eigenvalue weighted by Gasteiger charge is 2.36. The lowest BCUT2D eigenvalue weighted by atomic mass is 10.4. The second kappa shape index (κ2) is 7.39. The lowest BCUT2D eigenvalue weighted by Crippen LogP contribution is -2.29. The fourth-order valence-electron chi connectivity index (χ4n) is 1.29. The average molecular weight is 313 g/mol. The molecule has 10 heteroatoms. The summed E-state index contributed by atoms with van der Waals surface area (Å²) in [5.41, 5.74) is 0. The molecule has 0 radical (unpaired) electrons. The maximum absolute atomic E-state index is 12.5. The van der Waals surface area contributed by atoms with Gasteiger partial charge in [-0.3, -0.25) is 4.79 Å². The van der Waals surface area contributed by atoms with Crippen molar-refractivity contribution in [3.63, 3.8) is 0 Å². The van der Waals surface area contributed by atoms with Gasteiger partial charge >= 0.3 is 12.1 Å². The summed E-state index contributed by atoms with van der Waals surface area (Å²) in [6.07, 6.45) is -4.48. The summed E-state index contributed by atoms with van der Waals surface area (Å²) >= 11 is 0.429. The highest BCUT2D eigenvalue weighted by atomic mass is 32.1. The van der Waals surface area contributed by atoms with Crippen LogP contribution in [-0.4, -0.2) is 50.1 Å². The minimum Gasteiger partial charge on any atom is -0.469 e. The number of carbonyl (C=O) groups excluding carboxylic acids is 1. The fourth-order valence-corrected chi connectivity index (χ4v) is 2.05. The molecular formula is C10H14F3N3O3S. The number of hydrogen-bond acceptors (Lipinski definition) is 7. The Morgan fingerprint density at radius 1 is 1.30 bits per heavy atom. The molecule has 1 heterocycles. The molecule has 1 rings (SSSR count). The van der Waals surface area contributed by atoms with Crippen molar-refractivity contribution in [1.82, 2.24) is 10.2 Å². The first-order valence-corrected chi connectivity index (χ1v) is 6.41. The van der Waals surface area contributed by atoms with Gasteiger partial charge in [0, 0.05) is 20.2 Å². The highest BCUT2D eigenvalue weighted by Crippen LogP contribution is 2.34. The molecule has 0 aliphatic carbocycles. The van der Waals surface area contributed by atoms with Gasteiger partial charge in [-0.05, 0) is 0 Å². The van der Waals surface area contributed by atoms with E-state index in [9.17, 15) is 18.0 Å². The number of anilines is 1. The van der Waals surface area contributed by atoms with Crippen LogP contribution in [0.5, 0.6) is 0 Å². The largest absolute Gasteiger partial charge is 0.469 e. The second-order valence-electron chi connectivity index (χ2n) is 3.69. The second-order valence-corrected chi connectivity index (χ2v) is 4.65. The fraction of sp³-hybridized carbons (Fsp3) is 0.700. The maximum Gasteiger partial charge on any atom is 0.445 e. The molecule has 0 spiro atoms. The molecule has 1 aromatic rings. The van der Waals surface area contributed by atoms with E-state index in [-0.39, 0.29) is 18.1 Å². The predicted molar refractivity (Wildman–Crippen MR) is 65.6 cm³/mol. The van der Waals surface area contributed by atoms with Crippen LogP contribution in [-0.2, 0) is 20.4 Å². The summed E-state index contributed by atoms with van der Waals surface area (Å²) in [4.78, 5) is 12.6. The number of esters is 1. The number of alkyl halides is 3. The lowest BCUT2D eigenvalue weighted by Gasteiger charge is -2.20. The summed E-state index contributed by atoms with van der Waals surface area (Å²) < 4.78 is 46.8. The Morgan fingerprint density at radius 2 is 2.00 bits per heavy atom. The van der Waals surface area contributed by atoms with E-state index < -0.39 is 17.2 Å². The third kappa shape index (κ3) is 4.93. The SMILES string of the molecule is COCCN(CCC(=O)OC)c1nnc(C(F)(F)F)s1. The highest BCUT2D eigenvalue weighted by molar-refractivity contribution is 7.15. The van der Waals surface area contributed by atoms with Crippen LogP contribution in [0, 0.1) is 0 Å². The van der Waals surface area contributed by atoms with Gasteiger partial charge in [0.15, 0.2) is 0 Å². The molecule has 0 aromatic carbocycles. The Bertz CT molecular complexity index is 439. The Morgan fingerprint density at radius 3 is 2.50 bits per heavy atom. The summed E-state index contributed by atoms with van der Waals surface area (Å²) in [6, 6.07) is 0. The molecule has 114 valence electrons. The van der Waals surface area contributed by atoms with Crippen LogP contribution in [0.1, 0.15) is 11.4 Å². The molecule has 6 nitrogen and oxygen atoms in total. The summed E-state index contributed by atoms with van der Waals surface area (Å²) in [5.74, 6) is -0.451. The van der Waals surface area contributed by atoms with E-state index >= 15 is 0 Å². The summed E-state index contributed by atoms with van der Waals surface area (Å²) in [5, 5.41) is 5.69. The smallest absolute Gasteiger partial charge is 0.445 e. The molecule has 0 N–H and O–H groups in total. The van der Waals surface area contributed by atoms with E-state index in [2.05, 4.69) is 14.9 Å². The monoisotopic (exact) mass is 313 g/mol. The van der Waals surface area contributed by atoms with Gasteiger partial charge in [0.25, 0.3) is 0 Å². The van der Waals surface area contributed by atoms with Crippen molar-refractivity contribution in [3.8, 4) is 0 Å². The normalized spacial score (nSPS) is 11.4. The number of halogens is 3. The lowest BCUT2D eigenvalue weighted by molar-refractivity contribution is -0.140. The van der Waals surface area contributed by atoms with Crippen molar-refractivity contribution < 1.29 is 27.4 Å². The van der Waals surface area contributed by atoms with Crippen molar-refractivity contribution in [1.29, 1.82) is 0 Å². The Kier molecular flexibility index (Phi) is 6.14. The van der Waals surface area contributed by atoms with E-state index in [1.54, 1.807) is 0 Å². The van der Waals surface area contributed by atoms with Crippen molar-refractivity contribution in [2.24, 2.45) is 0 Å². The zero-order valence-corrected chi connectivity index (χ0v) is 11.8. The van der Waals surface area contributed by atoms with E-state index in [4.69, 9.17) is 4.74 Å². The number of ether oxygens (including phenoxy) is 2. The first-order chi connectivity index (χ1) is 9.38. The van der Waals surface area contributed by atoms with E-state index in [0.717, 1.165) is 0 Å². The van der Waals surface area contributed by atoms with Crippen molar-refractivity contribution in [3.05, 3.63) is 5.01 Å². The first-order valence-electron chi connectivity index (χ1n) is 5.60. The first kappa shape index (κ1) is 16.6. The quantitative estimate of drug-likeness (QED) is 0.712. The third-order valence-corrected chi connectivity index (χ3v) is 3.34. The van der Waals surface area contributed by atoms with Gasteiger partial charge < -0.3 is 14.4 Å². The molecule has 0 saturated carbocycles. The topological polar surface area (TPSA) is 64.5 Å². The van der Waals surface area contributed by atoms with E-state index in [1.165, 1.54) is 19.1 Å². The third-order valence-electron chi connectivity index (χ3n) is 2.31. The van der Waals surface area contributed by atoms with Crippen LogP contribution in [0.3, 0.4) is 0 Å². The van der Waals surface area contributed by atoms with Gasteiger partial charge in [0.05, 0.1) is 20.1 Å². The van der Waals surface area contributed by atoms with Gasteiger partial charge in [-0.2, -0.15) is 13.2 Å². The Hall–Kier alpha value is -1.42. The number of carbonyl (C=O) groups is 1. The van der Waals surface area contributed by atoms with E-state index in [1.807, 2.05) is 0 Å². The molecule has 0 amide bonds. The molecule has 0 fully saturated rings. The maximum atomic E-state index is 12.5. The van der Waals surface area contributed by atoms with E-state index in [0.29, 0.717) is 24.5 Å². The van der Waals surface area contributed by atoms with Gasteiger partial charge in [-0.15, -0.1) is 10.2 Å². The molecule has 0 aliphatic heterocycles. The van der Waals surface area contributed by atoms with Crippen LogP contribution in [0.15, 0.2) is 0 Å². The summed E-state index contributed by atoms with van der Waals surface area (Å²) in [7, 11) is 2.72. The molecule has 1 aromatic heterocycles. The van der Waals surface area contributed by atoms with Crippen molar-refractivity contribution >= 4 is 22.4 Å². The molecule has 0 bridgehead atoms. The van der Waals surface area contributed by atoms with Crippen LogP contribution >= 0.6 is 11.3 Å². The predicted octanol–water partition coefficient (Wildman–Crippen LogP) is 1.57. The Labute approximate surface area is 117 Å². The molecule has 0 saturated heterocycles. The van der Waals surface area contributed by atoms with Gasteiger partial charge in [0.1, 0.15) is 0 Å². The minimum atomic E-state index is -4.52. The zero-order chi connectivity index (χ0) is 15.2. The van der Waals surface area contributed by atoms with Crippen LogP contribution in [0.2, 0.25) is 0 Å². The van der Waals surface area contributed by atoms with Gasteiger partial charge in [-0.1, -0.05) is 11.3 Å². The summed E-state index contributed by atoms with van der Waals surface area (Å²) in [6.45, 7) is 0.782. The molecule has 20 heavy (non-hydrogen) atoms. The number of hydrogen-bond donors (Lipinski definition) is 0. The molecular weight excluding hydrogens is 299 g/mol. The number of rotatable bonds is 7. The van der Waals surface area contributed by atoms with Crippen LogP contribution in [0.25, 0.3) is 0 Å². The van der Waals surface area contributed by atoms with Gasteiger partial charge in [0.2, 0.25) is 10.1 Å². The molecule has 0 unspecified atom stereocenters. The standard InChI is InChI=1S/C10H14F3N3O3S/c1-18-6-5-16(4-3-7(17)19-2)9-15-14-8(20-9)10(11,12)13/h3-6H2,1-2H3. The minimum absolute atomic E-state index is 0.0428. The molecule has 0 aliphatic rings.